The number of pyridine rings is 2. The number of rotatable bonds is 6. The molecule has 1 aliphatic heterocycles. The summed E-state index contributed by atoms with van der Waals surface area (Å²) in [5.41, 5.74) is 11.3. The standard InChI is InChI=1S/C28H24FN7O2/c1-16(27-31-9-4-10-32-27)36(13-18-8-7-17(12-33-18)19-5-2-3-6-22(19)29)28(37)24-11-23-25(34-24)20-14-38-15-21(20)26(30)35-23/h2-12,16,34H,13-15H2,1H3,(H2,30,35)/t16-/m1/s1. The topological polar surface area (TPSA) is 123 Å². The van der Waals surface area contributed by atoms with Gasteiger partial charge in [-0.2, -0.15) is 0 Å². The number of carbonyl (C=O) groups excluding carboxylic acids is 1. The lowest BCUT2D eigenvalue weighted by atomic mass is 10.1. The molecule has 0 bridgehead atoms. The number of nitrogens with two attached hydrogens (primary N) is 1. The van der Waals surface area contributed by atoms with E-state index in [1.54, 1.807) is 66.0 Å². The number of ether oxygens (including phenoxy) is 1. The van der Waals surface area contributed by atoms with Crippen LogP contribution in [0.1, 0.15) is 46.1 Å². The Morgan fingerprint density at radius 2 is 1.89 bits per heavy atom. The molecule has 0 unspecified atom stereocenters. The lowest BCUT2D eigenvalue weighted by Crippen LogP contribution is -2.34. The van der Waals surface area contributed by atoms with E-state index in [0.29, 0.717) is 52.9 Å². The molecule has 0 saturated carbocycles. The molecule has 0 fully saturated rings. The second kappa shape index (κ2) is 9.64. The molecular weight excluding hydrogens is 485 g/mol. The van der Waals surface area contributed by atoms with Crippen molar-refractivity contribution in [3.8, 4) is 11.1 Å². The molecule has 0 radical (unpaired) electrons. The van der Waals surface area contributed by atoms with Crippen LogP contribution in [0.5, 0.6) is 0 Å². The maximum absolute atomic E-state index is 14.2. The second-order valence-corrected chi connectivity index (χ2v) is 9.12. The van der Waals surface area contributed by atoms with Crippen molar-refractivity contribution in [1.82, 2.24) is 29.8 Å². The van der Waals surface area contributed by atoms with Gasteiger partial charge in [-0.05, 0) is 31.2 Å². The maximum atomic E-state index is 14.2. The van der Waals surface area contributed by atoms with Gasteiger partial charge >= 0.3 is 0 Å². The number of hydrogen-bond donors (Lipinski definition) is 2. The fourth-order valence-electron chi connectivity index (χ4n) is 4.71. The highest BCUT2D eigenvalue weighted by Crippen LogP contribution is 2.32. The average molecular weight is 510 g/mol. The summed E-state index contributed by atoms with van der Waals surface area (Å²) >= 11 is 0. The van der Waals surface area contributed by atoms with E-state index in [0.717, 1.165) is 16.6 Å². The first-order valence-electron chi connectivity index (χ1n) is 12.1. The summed E-state index contributed by atoms with van der Waals surface area (Å²) in [6.45, 7) is 2.85. The number of amides is 1. The number of aromatic nitrogens is 5. The van der Waals surface area contributed by atoms with Crippen molar-refractivity contribution < 1.29 is 13.9 Å². The Bertz CT molecular complexity index is 1640. The number of hydrogen-bond acceptors (Lipinski definition) is 7. The first-order valence-corrected chi connectivity index (χ1v) is 12.1. The predicted octanol–water partition coefficient (Wildman–Crippen LogP) is 4.57. The lowest BCUT2D eigenvalue weighted by Gasteiger charge is -2.27. The molecule has 1 amide bonds. The summed E-state index contributed by atoms with van der Waals surface area (Å²) in [6.07, 6.45) is 4.89. The number of fused-ring (bicyclic) bond motifs is 3. The number of nitrogens with zero attached hydrogens (tertiary/aromatic N) is 5. The monoisotopic (exact) mass is 509 g/mol. The Balaban J connectivity index is 1.35. The molecule has 3 N–H and O–H groups in total. The van der Waals surface area contributed by atoms with Gasteiger partial charge in [0.2, 0.25) is 0 Å². The Morgan fingerprint density at radius 1 is 1.11 bits per heavy atom. The number of halogens is 1. The first kappa shape index (κ1) is 23.7. The number of benzene rings is 1. The minimum absolute atomic E-state index is 0.182. The number of nitrogen functional groups attached to an aromatic ring is 1. The van der Waals surface area contributed by atoms with Crippen LogP contribution in [0.25, 0.3) is 22.2 Å². The van der Waals surface area contributed by atoms with Gasteiger partial charge in [0.05, 0.1) is 42.5 Å². The van der Waals surface area contributed by atoms with Crippen LogP contribution < -0.4 is 5.73 Å². The van der Waals surface area contributed by atoms with Crippen LogP contribution in [-0.2, 0) is 24.5 Å². The second-order valence-electron chi connectivity index (χ2n) is 9.12. The van der Waals surface area contributed by atoms with Gasteiger partial charge in [0.25, 0.3) is 5.91 Å². The Kier molecular flexibility index (Phi) is 6.01. The average Bonchev–Trinajstić information content (AvgIpc) is 3.60. The third-order valence-corrected chi connectivity index (χ3v) is 6.77. The zero-order valence-corrected chi connectivity index (χ0v) is 20.6. The zero-order valence-electron chi connectivity index (χ0n) is 20.6. The maximum Gasteiger partial charge on any atom is 0.271 e. The molecule has 10 heteroatoms. The first-order chi connectivity index (χ1) is 18.5. The smallest absolute Gasteiger partial charge is 0.271 e. The Labute approximate surface area is 217 Å². The van der Waals surface area contributed by atoms with Gasteiger partial charge in [0.1, 0.15) is 23.2 Å². The number of carbonyl (C=O) groups is 1. The highest BCUT2D eigenvalue weighted by molar-refractivity contribution is 5.98. The quantitative estimate of drug-likeness (QED) is 0.344. The molecule has 5 aromatic rings. The zero-order chi connectivity index (χ0) is 26.2. The van der Waals surface area contributed by atoms with E-state index in [4.69, 9.17) is 10.5 Å². The van der Waals surface area contributed by atoms with Gasteiger partial charge in [-0.3, -0.25) is 9.78 Å². The molecule has 190 valence electrons. The minimum atomic E-state index is -0.463. The highest BCUT2D eigenvalue weighted by Gasteiger charge is 2.28. The van der Waals surface area contributed by atoms with Crippen molar-refractivity contribution in [3.05, 3.63) is 101 Å². The number of nitrogens with one attached hydrogen (secondary N) is 1. The van der Waals surface area contributed by atoms with Crippen LogP contribution in [0.2, 0.25) is 0 Å². The molecule has 5 heterocycles. The van der Waals surface area contributed by atoms with Crippen molar-refractivity contribution in [2.75, 3.05) is 5.73 Å². The van der Waals surface area contributed by atoms with Crippen LogP contribution in [0.3, 0.4) is 0 Å². The van der Waals surface area contributed by atoms with Crippen molar-refractivity contribution in [1.29, 1.82) is 0 Å². The molecule has 1 aliphatic rings. The molecule has 1 atom stereocenters. The predicted molar refractivity (Wildman–Crippen MR) is 139 cm³/mol. The number of anilines is 1. The van der Waals surface area contributed by atoms with E-state index in [2.05, 4.69) is 24.9 Å². The van der Waals surface area contributed by atoms with Gasteiger partial charge in [-0.1, -0.05) is 24.3 Å². The molecule has 4 aromatic heterocycles. The van der Waals surface area contributed by atoms with Gasteiger partial charge in [-0.15, -0.1) is 0 Å². The fourth-order valence-corrected chi connectivity index (χ4v) is 4.71. The van der Waals surface area contributed by atoms with Gasteiger partial charge in [-0.25, -0.2) is 19.3 Å². The number of aromatic amines is 1. The summed E-state index contributed by atoms with van der Waals surface area (Å²) in [7, 11) is 0. The summed E-state index contributed by atoms with van der Waals surface area (Å²) in [5, 5.41) is 0. The summed E-state index contributed by atoms with van der Waals surface area (Å²) in [6, 6.07) is 13.1. The SMILES string of the molecule is C[C@H](c1ncccn1)N(Cc1ccc(-c2ccccc2F)cn1)C(=O)c1cc2nc(N)c3c(c2[nH]1)COC3. The van der Waals surface area contributed by atoms with E-state index < -0.39 is 6.04 Å². The van der Waals surface area contributed by atoms with E-state index in [9.17, 15) is 9.18 Å². The third-order valence-electron chi connectivity index (χ3n) is 6.77. The molecule has 6 rings (SSSR count). The normalized spacial score (nSPS) is 13.4. The van der Waals surface area contributed by atoms with Crippen molar-refractivity contribution >= 4 is 22.8 Å². The van der Waals surface area contributed by atoms with Crippen molar-refractivity contribution in [3.63, 3.8) is 0 Å². The van der Waals surface area contributed by atoms with Crippen LogP contribution in [0.4, 0.5) is 10.2 Å². The largest absolute Gasteiger partial charge is 0.383 e. The van der Waals surface area contributed by atoms with Crippen molar-refractivity contribution in [2.24, 2.45) is 0 Å². The molecule has 38 heavy (non-hydrogen) atoms. The van der Waals surface area contributed by atoms with E-state index in [1.807, 2.05) is 6.92 Å². The molecular formula is C28H24FN7O2. The van der Waals surface area contributed by atoms with Gasteiger partial charge in [0, 0.05) is 40.8 Å². The van der Waals surface area contributed by atoms with Gasteiger partial charge < -0.3 is 20.4 Å². The summed E-state index contributed by atoms with van der Waals surface area (Å²) in [4.78, 5) is 36.5. The fraction of sp³-hybridized carbons (Fsp3) is 0.179. The number of H-pyrrole nitrogens is 1. The highest BCUT2D eigenvalue weighted by atomic mass is 19.1. The molecule has 0 spiro atoms. The molecule has 0 aliphatic carbocycles. The molecule has 0 saturated heterocycles. The summed E-state index contributed by atoms with van der Waals surface area (Å²) < 4.78 is 19.8. The van der Waals surface area contributed by atoms with Crippen molar-refractivity contribution in [2.45, 2.75) is 32.7 Å². The van der Waals surface area contributed by atoms with E-state index in [-0.39, 0.29) is 18.3 Å². The van der Waals surface area contributed by atoms with E-state index in [1.165, 1.54) is 6.07 Å². The van der Waals surface area contributed by atoms with Crippen LogP contribution >= 0.6 is 0 Å². The third kappa shape index (κ3) is 4.24. The van der Waals surface area contributed by atoms with Crippen LogP contribution in [0.15, 0.2) is 67.1 Å². The van der Waals surface area contributed by atoms with Gasteiger partial charge in [0.15, 0.2) is 0 Å². The molecule has 9 nitrogen and oxygen atoms in total. The Morgan fingerprint density at radius 3 is 2.66 bits per heavy atom. The molecule has 1 aromatic carbocycles. The minimum Gasteiger partial charge on any atom is -0.383 e. The Hall–Kier alpha value is -4.70. The lowest BCUT2D eigenvalue weighted by molar-refractivity contribution is 0.0658. The summed E-state index contributed by atoms with van der Waals surface area (Å²) in [5.74, 6) is 0.314. The van der Waals surface area contributed by atoms with Crippen LogP contribution in [0, 0.1) is 5.82 Å². The van der Waals surface area contributed by atoms with E-state index >= 15 is 0 Å². The van der Waals surface area contributed by atoms with Crippen LogP contribution in [-0.4, -0.2) is 35.7 Å².